The summed E-state index contributed by atoms with van der Waals surface area (Å²) in [6.45, 7) is 9.19. The molecule has 1 amide bonds. The first-order valence-corrected chi connectivity index (χ1v) is 6.79. The molecule has 0 saturated carbocycles. The van der Waals surface area contributed by atoms with Crippen LogP contribution in [0.4, 0.5) is 10.5 Å². The van der Waals surface area contributed by atoms with Crippen molar-refractivity contribution in [2.75, 3.05) is 5.32 Å². The van der Waals surface area contributed by atoms with Crippen LogP contribution in [0.1, 0.15) is 34.6 Å². The molecule has 1 aromatic rings. The zero-order valence-electron chi connectivity index (χ0n) is 11.8. The highest BCUT2D eigenvalue weighted by Gasteiger charge is 2.18. The fourth-order valence-corrected chi connectivity index (χ4v) is 1.58. The predicted octanol–water partition coefficient (Wildman–Crippen LogP) is 3.98. The van der Waals surface area contributed by atoms with Crippen LogP contribution >= 0.6 is 15.9 Å². The van der Waals surface area contributed by atoms with Gasteiger partial charge < -0.3 is 9.47 Å². The van der Waals surface area contributed by atoms with E-state index in [0.717, 1.165) is 4.47 Å². The highest BCUT2D eigenvalue weighted by atomic mass is 79.9. The molecule has 0 radical (unpaired) electrons. The molecule has 0 fully saturated rings. The number of ether oxygens (including phenoxy) is 2. The van der Waals surface area contributed by atoms with Crippen molar-refractivity contribution in [3.05, 3.63) is 16.7 Å². The Morgan fingerprint density at radius 3 is 2.58 bits per heavy atom. The van der Waals surface area contributed by atoms with E-state index in [4.69, 9.17) is 9.47 Å². The van der Waals surface area contributed by atoms with Gasteiger partial charge in [-0.3, -0.25) is 5.32 Å². The maximum Gasteiger partial charge on any atom is 0.412 e. The largest absolute Gasteiger partial charge is 0.473 e. The second-order valence-corrected chi connectivity index (χ2v) is 6.22. The van der Waals surface area contributed by atoms with Gasteiger partial charge in [-0.15, -0.1) is 0 Å². The second-order valence-electron chi connectivity index (χ2n) is 5.30. The van der Waals surface area contributed by atoms with Gasteiger partial charge in [0.05, 0.1) is 6.10 Å². The van der Waals surface area contributed by atoms with E-state index < -0.39 is 11.7 Å². The zero-order valence-corrected chi connectivity index (χ0v) is 13.4. The zero-order chi connectivity index (χ0) is 14.6. The minimum atomic E-state index is -0.553. The Bertz CT molecular complexity index is 456. The van der Waals surface area contributed by atoms with Gasteiger partial charge in [0.25, 0.3) is 0 Å². The van der Waals surface area contributed by atoms with Crippen LogP contribution in [0.3, 0.4) is 0 Å². The molecule has 0 aliphatic carbocycles. The van der Waals surface area contributed by atoms with Gasteiger partial charge in [0.2, 0.25) is 5.88 Å². The topological polar surface area (TPSA) is 60.5 Å². The van der Waals surface area contributed by atoms with Crippen molar-refractivity contribution in [1.82, 2.24) is 4.98 Å². The third-order valence-electron chi connectivity index (χ3n) is 1.80. The molecule has 19 heavy (non-hydrogen) atoms. The van der Waals surface area contributed by atoms with Gasteiger partial charge in [-0.1, -0.05) is 0 Å². The van der Waals surface area contributed by atoms with E-state index in [9.17, 15) is 4.79 Å². The van der Waals surface area contributed by atoms with Crippen LogP contribution in [0.25, 0.3) is 0 Å². The van der Waals surface area contributed by atoms with Crippen LogP contribution in [0, 0.1) is 0 Å². The normalized spacial score (nSPS) is 11.3. The van der Waals surface area contributed by atoms with Crippen molar-refractivity contribution in [1.29, 1.82) is 0 Å². The van der Waals surface area contributed by atoms with Crippen molar-refractivity contribution in [2.24, 2.45) is 0 Å². The summed E-state index contributed by atoms with van der Waals surface area (Å²) in [6.07, 6.45) is 1.03. The number of rotatable bonds is 3. The summed E-state index contributed by atoms with van der Waals surface area (Å²) in [5.74, 6) is 0.365. The lowest BCUT2D eigenvalue weighted by Crippen LogP contribution is -2.27. The summed E-state index contributed by atoms with van der Waals surface area (Å²) in [6, 6.07) is 1.72. The third kappa shape index (κ3) is 5.92. The minimum absolute atomic E-state index is 0.0344. The molecule has 1 aromatic heterocycles. The molecule has 0 atom stereocenters. The summed E-state index contributed by atoms with van der Waals surface area (Å²) in [5.41, 5.74) is -0.0832. The van der Waals surface area contributed by atoms with Gasteiger partial charge in [0.15, 0.2) is 0 Å². The van der Waals surface area contributed by atoms with Crippen molar-refractivity contribution >= 4 is 27.7 Å². The average Bonchev–Trinajstić information content (AvgIpc) is 2.18. The first-order valence-electron chi connectivity index (χ1n) is 5.99. The summed E-state index contributed by atoms with van der Waals surface area (Å²) >= 11 is 3.30. The van der Waals surface area contributed by atoms with E-state index in [1.54, 1.807) is 33.0 Å². The smallest absolute Gasteiger partial charge is 0.412 e. The minimum Gasteiger partial charge on any atom is -0.473 e. The average molecular weight is 331 g/mol. The number of nitrogens with one attached hydrogen (secondary N) is 1. The number of anilines is 1. The monoisotopic (exact) mass is 330 g/mol. The fraction of sp³-hybridized carbons (Fsp3) is 0.538. The van der Waals surface area contributed by atoms with Crippen LogP contribution in [-0.4, -0.2) is 22.8 Å². The van der Waals surface area contributed by atoms with Gasteiger partial charge >= 0.3 is 6.09 Å². The second kappa shape index (κ2) is 6.23. The lowest BCUT2D eigenvalue weighted by molar-refractivity contribution is 0.0634. The van der Waals surface area contributed by atoms with E-state index in [0.29, 0.717) is 11.6 Å². The highest BCUT2D eigenvalue weighted by Crippen LogP contribution is 2.26. The first kappa shape index (κ1) is 15.8. The molecule has 0 spiro atoms. The number of halogens is 1. The summed E-state index contributed by atoms with van der Waals surface area (Å²) in [4.78, 5) is 15.9. The number of carbonyl (C=O) groups is 1. The molecule has 0 aliphatic rings. The molecule has 5 nitrogen and oxygen atoms in total. The van der Waals surface area contributed by atoms with Crippen LogP contribution < -0.4 is 10.1 Å². The molecule has 6 heteroatoms. The number of carbonyl (C=O) groups excluding carboxylic acids is 1. The van der Waals surface area contributed by atoms with Gasteiger partial charge in [0, 0.05) is 10.7 Å². The molecule has 0 aromatic carbocycles. The Labute approximate surface area is 121 Å². The predicted molar refractivity (Wildman–Crippen MR) is 77.6 cm³/mol. The quantitative estimate of drug-likeness (QED) is 0.910. The number of nitrogens with zero attached hydrogens (tertiary/aromatic N) is 1. The first-order chi connectivity index (χ1) is 8.67. The third-order valence-corrected chi connectivity index (χ3v) is 2.23. The summed E-state index contributed by atoms with van der Waals surface area (Å²) in [7, 11) is 0. The van der Waals surface area contributed by atoms with E-state index in [1.165, 1.54) is 0 Å². The van der Waals surface area contributed by atoms with E-state index in [1.807, 2.05) is 13.8 Å². The van der Waals surface area contributed by atoms with Crippen molar-refractivity contribution in [3.63, 3.8) is 0 Å². The summed E-state index contributed by atoms with van der Waals surface area (Å²) < 4.78 is 11.5. The molecule has 0 unspecified atom stereocenters. The van der Waals surface area contributed by atoms with Gasteiger partial charge in [0.1, 0.15) is 11.3 Å². The lowest BCUT2D eigenvalue weighted by Gasteiger charge is -2.20. The number of hydrogen-bond acceptors (Lipinski definition) is 4. The maximum atomic E-state index is 11.7. The SMILES string of the molecule is CC(C)Oc1ncc(Br)cc1NC(=O)OC(C)(C)C. The molecule has 1 N–H and O–H groups in total. The molecule has 1 rings (SSSR count). The van der Waals surface area contributed by atoms with Crippen molar-refractivity contribution in [3.8, 4) is 5.88 Å². The molecule has 106 valence electrons. The Kier molecular flexibility index (Phi) is 5.17. The molecule has 0 saturated heterocycles. The maximum absolute atomic E-state index is 11.7. The molecular formula is C13H19BrN2O3. The number of aromatic nitrogens is 1. The van der Waals surface area contributed by atoms with Crippen molar-refractivity contribution in [2.45, 2.75) is 46.3 Å². The molecule has 0 aliphatic heterocycles. The molecule has 0 bridgehead atoms. The number of pyridine rings is 1. The van der Waals surface area contributed by atoms with E-state index >= 15 is 0 Å². The van der Waals surface area contributed by atoms with Crippen LogP contribution in [-0.2, 0) is 4.74 Å². The van der Waals surface area contributed by atoms with Gasteiger partial charge in [-0.05, 0) is 56.6 Å². The van der Waals surface area contributed by atoms with Crippen LogP contribution in [0.5, 0.6) is 5.88 Å². The van der Waals surface area contributed by atoms with Gasteiger partial charge in [-0.2, -0.15) is 0 Å². The van der Waals surface area contributed by atoms with Crippen LogP contribution in [0.15, 0.2) is 16.7 Å². The van der Waals surface area contributed by atoms with Gasteiger partial charge in [-0.25, -0.2) is 9.78 Å². The van der Waals surface area contributed by atoms with Crippen molar-refractivity contribution < 1.29 is 14.3 Å². The number of amides is 1. The van der Waals surface area contributed by atoms with Crippen LogP contribution in [0.2, 0.25) is 0 Å². The standard InChI is InChI=1S/C13H19BrN2O3/c1-8(2)18-11-10(6-9(14)7-15-11)16-12(17)19-13(3,4)5/h6-8H,1-5H3,(H,16,17). The summed E-state index contributed by atoms with van der Waals surface area (Å²) in [5, 5.41) is 2.63. The fourth-order valence-electron chi connectivity index (χ4n) is 1.25. The Morgan fingerprint density at radius 1 is 1.42 bits per heavy atom. The Balaban J connectivity index is 2.86. The lowest BCUT2D eigenvalue weighted by atomic mass is 10.2. The van der Waals surface area contributed by atoms with E-state index in [2.05, 4.69) is 26.2 Å². The Hall–Kier alpha value is -1.30. The molecular weight excluding hydrogens is 312 g/mol. The Morgan fingerprint density at radius 2 is 2.05 bits per heavy atom. The molecule has 1 heterocycles. The number of hydrogen-bond donors (Lipinski definition) is 1. The van der Waals surface area contributed by atoms with E-state index in [-0.39, 0.29) is 6.10 Å². The highest BCUT2D eigenvalue weighted by molar-refractivity contribution is 9.10.